The van der Waals surface area contributed by atoms with Crippen LogP contribution in [0.15, 0.2) is 48.9 Å². The molecule has 0 aliphatic carbocycles. The number of benzene rings is 1. The molecule has 2 aliphatic rings. The number of hydrogen-bond donors (Lipinski definition) is 1. The number of nitrogens with one attached hydrogen (secondary N) is 1. The summed E-state index contributed by atoms with van der Waals surface area (Å²) in [5, 5.41) is 10.8. The normalized spacial score (nSPS) is 19.0. The van der Waals surface area contributed by atoms with Crippen molar-refractivity contribution in [1.82, 2.24) is 25.3 Å². The molecule has 2 aliphatic heterocycles. The summed E-state index contributed by atoms with van der Waals surface area (Å²) in [5.41, 5.74) is 1.72. The summed E-state index contributed by atoms with van der Waals surface area (Å²) in [5.74, 6) is -0.472. The van der Waals surface area contributed by atoms with Crippen molar-refractivity contribution >= 4 is 17.6 Å². The minimum Gasteiger partial charge on any atom is -0.442 e. The lowest BCUT2D eigenvalue weighted by Crippen LogP contribution is -2.32. The van der Waals surface area contributed by atoms with Crippen LogP contribution in [-0.2, 0) is 11.3 Å². The number of cyclic esters (lactones) is 1. The Hall–Kier alpha value is -3.66. The van der Waals surface area contributed by atoms with Crippen molar-refractivity contribution in [2.75, 3.05) is 24.5 Å². The molecule has 3 aromatic rings. The Bertz CT molecular complexity index is 1150. The van der Waals surface area contributed by atoms with Gasteiger partial charge >= 0.3 is 6.09 Å². The SMILES string of the molecule is O=C(c1ccc(-c2ccc(N3C[C@H](Cn4ccnn4)OC3=O)cc2F)cn1)C1CCNCC1. The van der Waals surface area contributed by atoms with E-state index in [0.29, 0.717) is 29.1 Å². The van der Waals surface area contributed by atoms with E-state index in [1.807, 2.05) is 0 Å². The molecule has 4 heterocycles. The van der Waals surface area contributed by atoms with Gasteiger partial charge in [0, 0.05) is 29.4 Å². The Morgan fingerprint density at radius 3 is 2.76 bits per heavy atom. The summed E-state index contributed by atoms with van der Waals surface area (Å²) in [6, 6.07) is 7.94. The van der Waals surface area contributed by atoms with Gasteiger partial charge < -0.3 is 10.1 Å². The van der Waals surface area contributed by atoms with E-state index in [2.05, 4.69) is 20.6 Å². The van der Waals surface area contributed by atoms with Crippen LogP contribution in [0.2, 0.25) is 0 Å². The van der Waals surface area contributed by atoms with Crippen LogP contribution in [0.5, 0.6) is 0 Å². The molecule has 170 valence electrons. The molecule has 1 amide bonds. The molecule has 0 bridgehead atoms. The minimum absolute atomic E-state index is 0.0192. The second-order valence-corrected chi connectivity index (χ2v) is 8.23. The van der Waals surface area contributed by atoms with Crippen molar-refractivity contribution in [1.29, 1.82) is 0 Å². The van der Waals surface area contributed by atoms with Crippen LogP contribution in [0, 0.1) is 11.7 Å². The van der Waals surface area contributed by atoms with E-state index >= 15 is 0 Å². The first-order chi connectivity index (χ1) is 16.1. The fourth-order valence-corrected chi connectivity index (χ4v) is 4.26. The molecule has 1 aromatic carbocycles. The van der Waals surface area contributed by atoms with Gasteiger partial charge in [0.25, 0.3) is 0 Å². The topological polar surface area (TPSA) is 102 Å². The summed E-state index contributed by atoms with van der Waals surface area (Å²) in [6.45, 7) is 2.32. The molecular formula is C23H23FN6O3. The van der Waals surface area contributed by atoms with Gasteiger partial charge in [0.15, 0.2) is 5.78 Å². The van der Waals surface area contributed by atoms with Crippen molar-refractivity contribution in [3.8, 4) is 11.1 Å². The molecule has 1 atom stereocenters. The van der Waals surface area contributed by atoms with Gasteiger partial charge in [-0.3, -0.25) is 14.7 Å². The predicted octanol–water partition coefficient (Wildman–Crippen LogP) is 2.69. The Morgan fingerprint density at radius 1 is 1.21 bits per heavy atom. The number of nitrogens with zero attached hydrogens (tertiary/aromatic N) is 5. The average Bonchev–Trinajstić information content (AvgIpc) is 3.49. The van der Waals surface area contributed by atoms with Crippen molar-refractivity contribution < 1.29 is 18.7 Å². The Labute approximate surface area is 189 Å². The predicted molar refractivity (Wildman–Crippen MR) is 117 cm³/mol. The zero-order valence-electron chi connectivity index (χ0n) is 17.9. The van der Waals surface area contributed by atoms with Gasteiger partial charge in [0.05, 0.1) is 25.0 Å². The third-order valence-corrected chi connectivity index (χ3v) is 6.04. The molecular weight excluding hydrogens is 427 g/mol. The molecule has 0 radical (unpaired) electrons. The lowest BCUT2D eigenvalue weighted by atomic mass is 9.91. The first kappa shape index (κ1) is 21.2. The third kappa shape index (κ3) is 4.47. The maximum absolute atomic E-state index is 15.0. The number of hydrogen-bond acceptors (Lipinski definition) is 7. The molecule has 2 fully saturated rings. The number of ketones is 1. The van der Waals surface area contributed by atoms with Gasteiger partial charge in [-0.05, 0) is 50.2 Å². The number of halogens is 1. The van der Waals surface area contributed by atoms with Crippen LogP contribution in [0.3, 0.4) is 0 Å². The number of Topliss-reactive ketones (excluding diaryl/α,β-unsaturated/α-hetero) is 1. The fraction of sp³-hybridized carbons (Fsp3) is 0.348. The zero-order chi connectivity index (χ0) is 22.8. The highest BCUT2D eigenvalue weighted by molar-refractivity contribution is 5.96. The second-order valence-electron chi connectivity index (χ2n) is 8.23. The first-order valence-corrected chi connectivity index (χ1v) is 10.9. The van der Waals surface area contributed by atoms with Crippen LogP contribution < -0.4 is 10.2 Å². The molecule has 1 N–H and O–H groups in total. The minimum atomic E-state index is -0.533. The van der Waals surface area contributed by atoms with Crippen LogP contribution in [-0.4, -0.2) is 57.6 Å². The number of amides is 1. The van der Waals surface area contributed by atoms with Crippen LogP contribution in [0.25, 0.3) is 11.1 Å². The first-order valence-electron chi connectivity index (χ1n) is 10.9. The number of aromatic nitrogens is 4. The van der Waals surface area contributed by atoms with Gasteiger partial charge in [-0.25, -0.2) is 13.9 Å². The van der Waals surface area contributed by atoms with E-state index in [1.54, 1.807) is 41.3 Å². The molecule has 9 nitrogen and oxygen atoms in total. The smallest absolute Gasteiger partial charge is 0.414 e. The third-order valence-electron chi connectivity index (χ3n) is 6.04. The molecule has 0 saturated carbocycles. The largest absolute Gasteiger partial charge is 0.442 e. The van der Waals surface area contributed by atoms with Crippen LogP contribution >= 0.6 is 0 Å². The van der Waals surface area contributed by atoms with Crippen molar-refractivity contribution in [2.24, 2.45) is 5.92 Å². The highest BCUT2D eigenvalue weighted by Crippen LogP contribution is 2.29. The lowest BCUT2D eigenvalue weighted by molar-refractivity contribution is 0.0890. The molecule has 33 heavy (non-hydrogen) atoms. The molecule has 0 unspecified atom stereocenters. The van der Waals surface area contributed by atoms with Crippen LogP contribution in [0.4, 0.5) is 14.9 Å². The van der Waals surface area contributed by atoms with E-state index in [9.17, 15) is 14.0 Å². The molecule has 2 aromatic heterocycles. The number of pyridine rings is 1. The summed E-state index contributed by atoms with van der Waals surface area (Å²) in [6.07, 6.45) is 5.42. The van der Waals surface area contributed by atoms with Crippen molar-refractivity contribution in [2.45, 2.75) is 25.5 Å². The zero-order valence-corrected chi connectivity index (χ0v) is 17.9. The quantitative estimate of drug-likeness (QED) is 0.576. The number of piperidine rings is 1. The van der Waals surface area contributed by atoms with E-state index in [0.717, 1.165) is 25.9 Å². The number of ether oxygens (including phenoxy) is 1. The van der Waals surface area contributed by atoms with Gasteiger partial charge in [0.1, 0.15) is 17.6 Å². The van der Waals surface area contributed by atoms with E-state index in [4.69, 9.17) is 4.74 Å². The number of rotatable bonds is 6. The van der Waals surface area contributed by atoms with Gasteiger partial charge in [-0.15, -0.1) is 5.10 Å². The number of carbonyl (C=O) groups is 2. The fourth-order valence-electron chi connectivity index (χ4n) is 4.26. The van der Waals surface area contributed by atoms with Gasteiger partial charge in [-0.2, -0.15) is 0 Å². The maximum Gasteiger partial charge on any atom is 0.414 e. The number of carbonyl (C=O) groups excluding carboxylic acids is 2. The van der Waals surface area contributed by atoms with Gasteiger partial charge in [0.2, 0.25) is 0 Å². The molecule has 10 heteroatoms. The summed E-state index contributed by atoms with van der Waals surface area (Å²) in [7, 11) is 0. The Balaban J connectivity index is 1.29. The van der Waals surface area contributed by atoms with E-state index < -0.39 is 18.0 Å². The summed E-state index contributed by atoms with van der Waals surface area (Å²) >= 11 is 0. The Morgan fingerprint density at radius 2 is 2.06 bits per heavy atom. The van der Waals surface area contributed by atoms with Crippen molar-refractivity contribution in [3.63, 3.8) is 0 Å². The van der Waals surface area contributed by atoms with E-state index in [1.165, 1.54) is 17.2 Å². The summed E-state index contributed by atoms with van der Waals surface area (Å²) in [4.78, 5) is 30.6. The Kier molecular flexibility index (Phi) is 5.82. The van der Waals surface area contributed by atoms with Crippen LogP contribution in [0.1, 0.15) is 23.3 Å². The van der Waals surface area contributed by atoms with E-state index in [-0.39, 0.29) is 18.2 Å². The monoisotopic (exact) mass is 450 g/mol. The highest BCUT2D eigenvalue weighted by atomic mass is 19.1. The lowest BCUT2D eigenvalue weighted by Gasteiger charge is -2.21. The standard InChI is InChI=1S/C23H23FN6O3/c24-20-11-17(30-14-18(33-23(30)32)13-29-10-9-27-28-29)2-3-19(20)16-1-4-21(26-12-16)22(31)15-5-7-25-8-6-15/h1-4,9-12,15,18,25H,5-8,13-14H2/t18-/m0/s1. The average molecular weight is 450 g/mol. The highest BCUT2D eigenvalue weighted by Gasteiger charge is 2.33. The molecule has 5 rings (SSSR count). The van der Waals surface area contributed by atoms with Gasteiger partial charge in [-0.1, -0.05) is 11.3 Å². The maximum atomic E-state index is 15.0. The second kappa shape index (κ2) is 9.07. The molecule has 0 spiro atoms. The summed E-state index contributed by atoms with van der Waals surface area (Å²) < 4.78 is 21.9. The number of anilines is 1. The van der Waals surface area contributed by atoms with Crippen molar-refractivity contribution in [3.05, 3.63) is 60.4 Å². The molecule has 2 saturated heterocycles.